The van der Waals surface area contributed by atoms with Gasteiger partial charge in [-0.05, 0) is 110 Å². The number of benzene rings is 2. The molecule has 0 unspecified atom stereocenters. The zero-order chi connectivity index (χ0) is 22.9. The number of hydrogen-bond acceptors (Lipinski definition) is 0. The summed E-state index contributed by atoms with van der Waals surface area (Å²) in [5.41, 5.74) is 5.72. The lowest BCUT2D eigenvalue weighted by atomic mass is 9.76. The van der Waals surface area contributed by atoms with E-state index in [0.29, 0.717) is 5.92 Å². The van der Waals surface area contributed by atoms with Crippen LogP contribution in [0.15, 0.2) is 48.5 Å². The van der Waals surface area contributed by atoms with E-state index in [1.54, 1.807) is 5.56 Å². The van der Waals surface area contributed by atoms with Gasteiger partial charge in [0.25, 0.3) is 0 Å². The van der Waals surface area contributed by atoms with Crippen LogP contribution in [0.2, 0.25) is 0 Å². The molecule has 0 saturated heterocycles. The quantitative estimate of drug-likeness (QED) is 0.317. The maximum Gasteiger partial charge on any atom is 0.0894 e. The van der Waals surface area contributed by atoms with E-state index >= 15 is 0 Å². The molecular weight excluding hydrogens is 403 g/mol. The van der Waals surface area contributed by atoms with Crippen LogP contribution in [0.5, 0.6) is 0 Å². The standard InChI is InChI=1S/C32H45F/c1-2-3-4-6-25-8-12-27(13-9-25)29-16-20-31(21-17-29)32-22-18-30(19-23-32)28-14-10-26(11-15-28)7-5-24-33/h16-23,25-28H,2-15,24H2,1H3. The van der Waals surface area contributed by atoms with Gasteiger partial charge in [-0.15, -0.1) is 0 Å². The predicted molar refractivity (Wildman–Crippen MR) is 141 cm³/mol. The van der Waals surface area contributed by atoms with E-state index in [0.717, 1.165) is 30.6 Å². The first-order valence-electron chi connectivity index (χ1n) is 14.0. The van der Waals surface area contributed by atoms with Crippen molar-refractivity contribution < 1.29 is 4.39 Å². The molecule has 2 aromatic rings. The molecule has 2 aliphatic carbocycles. The summed E-state index contributed by atoms with van der Waals surface area (Å²) in [6.45, 7) is 2.15. The molecular formula is C32H45F. The average molecular weight is 449 g/mol. The van der Waals surface area contributed by atoms with Crippen LogP contribution < -0.4 is 0 Å². The van der Waals surface area contributed by atoms with Gasteiger partial charge in [0, 0.05) is 0 Å². The summed E-state index contributed by atoms with van der Waals surface area (Å²) < 4.78 is 12.4. The van der Waals surface area contributed by atoms with Gasteiger partial charge < -0.3 is 0 Å². The van der Waals surface area contributed by atoms with Gasteiger partial charge in [0.2, 0.25) is 0 Å². The molecule has 2 saturated carbocycles. The van der Waals surface area contributed by atoms with E-state index in [2.05, 4.69) is 55.5 Å². The molecule has 0 spiro atoms. The van der Waals surface area contributed by atoms with Crippen molar-refractivity contribution in [2.45, 2.75) is 109 Å². The second-order valence-electron chi connectivity index (χ2n) is 11.0. The van der Waals surface area contributed by atoms with E-state index in [-0.39, 0.29) is 6.67 Å². The first kappa shape index (κ1) is 24.5. The number of unbranched alkanes of at least 4 members (excludes halogenated alkanes) is 2. The minimum Gasteiger partial charge on any atom is -0.251 e. The summed E-state index contributed by atoms with van der Waals surface area (Å²) in [5, 5.41) is 0. The van der Waals surface area contributed by atoms with Crippen molar-refractivity contribution in [3.8, 4) is 11.1 Å². The number of alkyl halides is 1. The van der Waals surface area contributed by atoms with Crippen LogP contribution in [0.25, 0.3) is 11.1 Å². The van der Waals surface area contributed by atoms with E-state index < -0.39 is 0 Å². The van der Waals surface area contributed by atoms with Crippen molar-refractivity contribution in [1.82, 2.24) is 0 Å². The van der Waals surface area contributed by atoms with Gasteiger partial charge in [-0.3, -0.25) is 4.39 Å². The smallest absolute Gasteiger partial charge is 0.0894 e. The van der Waals surface area contributed by atoms with Gasteiger partial charge in [-0.2, -0.15) is 0 Å². The molecule has 2 fully saturated rings. The Kier molecular flexibility index (Phi) is 9.45. The third kappa shape index (κ3) is 6.93. The van der Waals surface area contributed by atoms with Gasteiger partial charge in [0.15, 0.2) is 0 Å². The van der Waals surface area contributed by atoms with E-state index in [4.69, 9.17) is 0 Å². The third-order valence-corrected chi connectivity index (χ3v) is 8.75. The Balaban J connectivity index is 1.27. The molecule has 0 heterocycles. The molecule has 2 aliphatic rings. The fraction of sp³-hybridized carbons (Fsp3) is 0.625. The average Bonchev–Trinajstić information content (AvgIpc) is 2.89. The predicted octanol–water partition coefficient (Wildman–Crippen LogP) is 10.2. The number of halogens is 1. The highest BCUT2D eigenvalue weighted by Gasteiger charge is 2.23. The van der Waals surface area contributed by atoms with E-state index in [9.17, 15) is 4.39 Å². The van der Waals surface area contributed by atoms with Crippen molar-refractivity contribution in [2.24, 2.45) is 11.8 Å². The third-order valence-electron chi connectivity index (χ3n) is 8.75. The molecule has 4 rings (SSSR count). The van der Waals surface area contributed by atoms with E-state index in [1.807, 2.05) is 0 Å². The molecule has 0 aliphatic heterocycles. The first-order valence-corrected chi connectivity index (χ1v) is 14.0. The second kappa shape index (κ2) is 12.7. The van der Waals surface area contributed by atoms with Gasteiger partial charge in [-0.1, -0.05) is 81.1 Å². The summed E-state index contributed by atoms with van der Waals surface area (Å²) in [5.74, 6) is 3.20. The lowest BCUT2D eigenvalue weighted by Gasteiger charge is -2.29. The Bertz CT molecular complexity index is 789. The highest BCUT2D eigenvalue weighted by Crippen LogP contribution is 2.39. The summed E-state index contributed by atoms with van der Waals surface area (Å²) >= 11 is 0. The summed E-state index contributed by atoms with van der Waals surface area (Å²) in [7, 11) is 0. The Morgan fingerprint density at radius 1 is 0.576 bits per heavy atom. The van der Waals surface area contributed by atoms with Gasteiger partial charge in [0.05, 0.1) is 6.67 Å². The SMILES string of the molecule is CCCCCC1CCC(c2ccc(-c3ccc(C4CCC(CCCF)CC4)cc3)cc2)CC1. The first-order chi connectivity index (χ1) is 16.3. The molecule has 0 aromatic heterocycles. The molecule has 180 valence electrons. The van der Waals surface area contributed by atoms with Crippen LogP contribution in [-0.4, -0.2) is 6.67 Å². The van der Waals surface area contributed by atoms with Gasteiger partial charge in [0.1, 0.15) is 0 Å². The maximum atomic E-state index is 12.4. The summed E-state index contributed by atoms with van der Waals surface area (Å²) in [4.78, 5) is 0. The van der Waals surface area contributed by atoms with Gasteiger partial charge >= 0.3 is 0 Å². The summed E-state index contributed by atoms with van der Waals surface area (Å²) in [6.07, 6.45) is 18.2. The van der Waals surface area contributed by atoms with Crippen molar-refractivity contribution in [2.75, 3.05) is 6.67 Å². The lowest BCUT2D eigenvalue weighted by Crippen LogP contribution is -2.13. The zero-order valence-electron chi connectivity index (χ0n) is 20.9. The molecule has 0 nitrogen and oxygen atoms in total. The molecule has 0 atom stereocenters. The number of hydrogen-bond donors (Lipinski definition) is 0. The Morgan fingerprint density at radius 3 is 1.39 bits per heavy atom. The van der Waals surface area contributed by atoms with Crippen LogP contribution in [-0.2, 0) is 0 Å². The lowest BCUT2D eigenvalue weighted by molar-refractivity contribution is 0.293. The largest absolute Gasteiger partial charge is 0.251 e. The Hall–Kier alpha value is -1.63. The van der Waals surface area contributed by atoms with Crippen molar-refractivity contribution in [3.05, 3.63) is 59.7 Å². The van der Waals surface area contributed by atoms with Crippen LogP contribution in [0.4, 0.5) is 4.39 Å². The molecule has 0 N–H and O–H groups in total. The van der Waals surface area contributed by atoms with Crippen molar-refractivity contribution >= 4 is 0 Å². The second-order valence-corrected chi connectivity index (χ2v) is 11.0. The Labute approximate surface area is 202 Å². The van der Waals surface area contributed by atoms with Crippen LogP contribution >= 0.6 is 0 Å². The molecule has 1 heteroatoms. The minimum absolute atomic E-state index is 0.150. The highest BCUT2D eigenvalue weighted by atomic mass is 19.1. The van der Waals surface area contributed by atoms with Crippen molar-refractivity contribution in [1.29, 1.82) is 0 Å². The molecule has 33 heavy (non-hydrogen) atoms. The normalized spacial score (nSPS) is 25.8. The molecule has 0 amide bonds. The van der Waals surface area contributed by atoms with Crippen LogP contribution in [0.1, 0.15) is 120 Å². The fourth-order valence-electron chi connectivity index (χ4n) is 6.51. The molecule has 2 aromatic carbocycles. The highest BCUT2D eigenvalue weighted by molar-refractivity contribution is 5.64. The Morgan fingerprint density at radius 2 is 1.00 bits per heavy atom. The van der Waals surface area contributed by atoms with Crippen LogP contribution in [0, 0.1) is 11.8 Å². The van der Waals surface area contributed by atoms with Crippen molar-refractivity contribution in [3.63, 3.8) is 0 Å². The number of rotatable bonds is 10. The minimum atomic E-state index is -0.150. The fourth-order valence-corrected chi connectivity index (χ4v) is 6.51. The zero-order valence-corrected chi connectivity index (χ0v) is 20.9. The van der Waals surface area contributed by atoms with Gasteiger partial charge in [-0.25, -0.2) is 0 Å². The molecule has 0 bridgehead atoms. The van der Waals surface area contributed by atoms with Crippen LogP contribution in [0.3, 0.4) is 0 Å². The summed E-state index contributed by atoms with van der Waals surface area (Å²) in [6, 6.07) is 18.8. The monoisotopic (exact) mass is 448 g/mol. The molecule has 0 radical (unpaired) electrons. The maximum absolute atomic E-state index is 12.4. The topological polar surface area (TPSA) is 0 Å². The van der Waals surface area contributed by atoms with E-state index in [1.165, 1.54) is 93.7 Å².